The molecular formula is C20H16O7. The van der Waals surface area contributed by atoms with Crippen LogP contribution in [0.3, 0.4) is 0 Å². The van der Waals surface area contributed by atoms with Crippen molar-refractivity contribution in [2.75, 3.05) is 20.8 Å². The number of hydrogen-bond acceptors (Lipinski definition) is 7. The summed E-state index contributed by atoms with van der Waals surface area (Å²) in [6.45, 7) is 0.561. The molecule has 0 aromatic heterocycles. The molecule has 2 aromatic rings. The molecule has 3 aliphatic rings. The summed E-state index contributed by atoms with van der Waals surface area (Å²) >= 11 is 0. The Morgan fingerprint density at radius 3 is 2.56 bits per heavy atom. The zero-order valence-corrected chi connectivity index (χ0v) is 14.7. The Hall–Kier alpha value is -3.06. The van der Waals surface area contributed by atoms with Gasteiger partial charge in [-0.2, -0.15) is 0 Å². The summed E-state index contributed by atoms with van der Waals surface area (Å²) in [6.07, 6.45) is 0.253. The number of benzene rings is 2. The number of rotatable bonds is 2. The second-order valence-corrected chi connectivity index (χ2v) is 6.72. The lowest BCUT2D eigenvalue weighted by molar-refractivity contribution is -0.0340. The van der Waals surface area contributed by atoms with Crippen LogP contribution in [-0.2, 0) is 4.74 Å². The Labute approximate surface area is 154 Å². The van der Waals surface area contributed by atoms with Crippen LogP contribution in [0, 0.1) is 0 Å². The Bertz CT molecular complexity index is 1020. The SMILES string of the molecule is COc1cc(O)c2c(c1)C(=O)c1cc(OC)c3c(c1C2=O)O[C@@H]1OCC[C@H]31. The molecular weight excluding hydrogens is 352 g/mol. The van der Waals surface area contributed by atoms with Gasteiger partial charge in [0.2, 0.25) is 12.1 Å². The number of carbonyl (C=O) groups is 2. The van der Waals surface area contributed by atoms with Gasteiger partial charge in [0, 0.05) is 22.8 Å². The highest BCUT2D eigenvalue weighted by atomic mass is 16.7. The van der Waals surface area contributed by atoms with Gasteiger partial charge in [0.15, 0.2) is 5.78 Å². The molecule has 2 atom stereocenters. The number of carbonyl (C=O) groups excluding carboxylic acids is 2. The maximum Gasteiger partial charge on any atom is 0.207 e. The molecule has 7 nitrogen and oxygen atoms in total. The molecule has 138 valence electrons. The number of methoxy groups -OCH3 is 2. The first kappa shape index (κ1) is 16.1. The summed E-state index contributed by atoms with van der Waals surface area (Å²) in [7, 11) is 2.94. The molecule has 1 saturated heterocycles. The molecule has 1 aliphatic carbocycles. The Balaban J connectivity index is 1.78. The fourth-order valence-electron chi connectivity index (χ4n) is 4.18. The van der Waals surface area contributed by atoms with Crippen molar-refractivity contribution >= 4 is 11.6 Å². The van der Waals surface area contributed by atoms with Crippen LogP contribution in [0.5, 0.6) is 23.0 Å². The molecule has 2 aliphatic heterocycles. The van der Waals surface area contributed by atoms with Crippen LogP contribution >= 0.6 is 0 Å². The fraction of sp³-hybridized carbons (Fsp3) is 0.300. The van der Waals surface area contributed by atoms with E-state index in [2.05, 4.69) is 0 Å². The molecule has 0 spiro atoms. The third-order valence-corrected chi connectivity index (χ3v) is 5.42. The number of hydrogen-bond donors (Lipinski definition) is 1. The van der Waals surface area contributed by atoms with Gasteiger partial charge < -0.3 is 24.1 Å². The first-order valence-electron chi connectivity index (χ1n) is 8.58. The van der Waals surface area contributed by atoms with Crippen molar-refractivity contribution in [2.24, 2.45) is 0 Å². The summed E-state index contributed by atoms with van der Waals surface area (Å²) in [4.78, 5) is 26.4. The third kappa shape index (κ3) is 2.00. The molecule has 27 heavy (non-hydrogen) atoms. The van der Waals surface area contributed by atoms with E-state index >= 15 is 0 Å². The van der Waals surface area contributed by atoms with Crippen LogP contribution in [0.25, 0.3) is 0 Å². The van der Waals surface area contributed by atoms with E-state index in [0.29, 0.717) is 23.9 Å². The summed E-state index contributed by atoms with van der Waals surface area (Å²) in [5.74, 6) is -0.0867. The smallest absolute Gasteiger partial charge is 0.207 e. The van der Waals surface area contributed by atoms with E-state index < -0.39 is 17.9 Å². The highest BCUT2D eigenvalue weighted by molar-refractivity contribution is 6.30. The number of fused-ring (bicyclic) bond motifs is 6. The van der Waals surface area contributed by atoms with Gasteiger partial charge in [0.05, 0.1) is 37.9 Å². The van der Waals surface area contributed by atoms with Crippen LogP contribution < -0.4 is 14.2 Å². The van der Waals surface area contributed by atoms with Crippen LogP contribution in [0.2, 0.25) is 0 Å². The van der Waals surface area contributed by atoms with E-state index in [4.69, 9.17) is 18.9 Å². The standard InChI is InChI=1S/C20H16O7/c1-24-8-5-10-14(12(21)6-8)18(23)16-11(17(10)22)7-13(25-2)15-9-3-4-26-20(9)27-19(15)16/h5-7,9,20-21H,3-4H2,1-2H3/t9-,20+/m1/s1. The van der Waals surface area contributed by atoms with Crippen molar-refractivity contribution in [3.63, 3.8) is 0 Å². The van der Waals surface area contributed by atoms with Gasteiger partial charge in [-0.15, -0.1) is 0 Å². The number of aromatic hydroxyl groups is 1. The first-order chi connectivity index (χ1) is 13.0. The molecule has 0 saturated carbocycles. The fourth-order valence-corrected chi connectivity index (χ4v) is 4.18. The topological polar surface area (TPSA) is 91.3 Å². The van der Waals surface area contributed by atoms with Gasteiger partial charge in [0.1, 0.15) is 23.0 Å². The van der Waals surface area contributed by atoms with Gasteiger partial charge in [-0.05, 0) is 18.6 Å². The second-order valence-electron chi connectivity index (χ2n) is 6.72. The predicted molar refractivity (Wildman–Crippen MR) is 92.2 cm³/mol. The average molecular weight is 368 g/mol. The Kier molecular flexibility index (Phi) is 3.27. The lowest BCUT2D eigenvalue weighted by atomic mass is 9.80. The van der Waals surface area contributed by atoms with E-state index in [1.807, 2.05) is 0 Å². The number of phenolic OH excluding ortho intramolecular Hbond substituents is 1. The van der Waals surface area contributed by atoms with Gasteiger partial charge >= 0.3 is 0 Å². The number of phenols is 1. The normalized spacial score (nSPS) is 21.9. The van der Waals surface area contributed by atoms with Crippen molar-refractivity contribution in [1.82, 2.24) is 0 Å². The van der Waals surface area contributed by atoms with E-state index in [9.17, 15) is 14.7 Å². The minimum atomic E-state index is -0.492. The Morgan fingerprint density at radius 2 is 1.81 bits per heavy atom. The number of ether oxygens (including phenoxy) is 4. The number of ketones is 2. The van der Waals surface area contributed by atoms with Crippen LogP contribution in [0.1, 0.15) is 49.7 Å². The molecule has 1 N–H and O–H groups in total. The van der Waals surface area contributed by atoms with E-state index in [-0.39, 0.29) is 33.9 Å². The molecule has 7 heteroatoms. The molecule has 0 amide bonds. The highest BCUT2D eigenvalue weighted by Crippen LogP contribution is 2.53. The quantitative estimate of drug-likeness (QED) is 0.743. The lowest BCUT2D eigenvalue weighted by Crippen LogP contribution is -2.23. The summed E-state index contributed by atoms with van der Waals surface area (Å²) in [5, 5.41) is 10.3. The monoisotopic (exact) mass is 368 g/mol. The summed E-state index contributed by atoms with van der Waals surface area (Å²) < 4.78 is 22.1. The zero-order valence-electron chi connectivity index (χ0n) is 14.7. The maximum absolute atomic E-state index is 13.2. The van der Waals surface area contributed by atoms with Crippen molar-refractivity contribution in [3.05, 3.63) is 46.0 Å². The van der Waals surface area contributed by atoms with Crippen molar-refractivity contribution in [1.29, 1.82) is 0 Å². The van der Waals surface area contributed by atoms with Gasteiger partial charge in [-0.25, -0.2) is 0 Å². The van der Waals surface area contributed by atoms with E-state index in [1.165, 1.54) is 26.4 Å². The van der Waals surface area contributed by atoms with Crippen LogP contribution in [0.4, 0.5) is 0 Å². The largest absolute Gasteiger partial charge is 0.507 e. The molecule has 2 aromatic carbocycles. The molecule has 2 heterocycles. The van der Waals surface area contributed by atoms with Gasteiger partial charge in [-0.3, -0.25) is 9.59 Å². The zero-order chi connectivity index (χ0) is 18.9. The Morgan fingerprint density at radius 1 is 1.04 bits per heavy atom. The predicted octanol–water partition coefficient (Wildman–Crippen LogP) is 2.41. The second kappa shape index (κ2) is 5.47. The molecule has 0 unspecified atom stereocenters. The van der Waals surface area contributed by atoms with Gasteiger partial charge in [0.25, 0.3) is 0 Å². The summed E-state index contributed by atoms with van der Waals surface area (Å²) in [5.41, 5.74) is 1.15. The van der Waals surface area contributed by atoms with Crippen molar-refractivity contribution in [3.8, 4) is 23.0 Å². The highest BCUT2D eigenvalue weighted by Gasteiger charge is 2.47. The molecule has 5 rings (SSSR count). The minimum absolute atomic E-state index is 0.0396. The average Bonchev–Trinajstić information content (AvgIpc) is 3.25. The first-order valence-corrected chi connectivity index (χ1v) is 8.58. The molecule has 0 radical (unpaired) electrons. The van der Waals surface area contributed by atoms with Crippen LogP contribution in [-0.4, -0.2) is 43.8 Å². The van der Waals surface area contributed by atoms with Gasteiger partial charge in [-0.1, -0.05) is 0 Å². The third-order valence-electron chi connectivity index (χ3n) is 5.42. The molecule has 0 bridgehead atoms. The van der Waals surface area contributed by atoms with Crippen LogP contribution in [0.15, 0.2) is 18.2 Å². The summed E-state index contributed by atoms with van der Waals surface area (Å²) in [6, 6.07) is 4.35. The van der Waals surface area contributed by atoms with Crippen molar-refractivity contribution < 1.29 is 33.6 Å². The maximum atomic E-state index is 13.2. The van der Waals surface area contributed by atoms with E-state index in [1.54, 1.807) is 6.07 Å². The van der Waals surface area contributed by atoms with Crippen molar-refractivity contribution in [2.45, 2.75) is 18.6 Å². The molecule has 1 fully saturated rings. The van der Waals surface area contributed by atoms with E-state index in [0.717, 1.165) is 12.0 Å². The minimum Gasteiger partial charge on any atom is -0.507 e. The lowest BCUT2D eigenvalue weighted by Gasteiger charge is -2.22.